The highest BCUT2D eigenvalue weighted by Gasteiger charge is 2.08. The molecule has 0 fully saturated rings. The first kappa shape index (κ1) is 16.4. The van der Waals surface area contributed by atoms with E-state index in [0.717, 1.165) is 11.3 Å². The van der Waals surface area contributed by atoms with E-state index >= 15 is 0 Å². The smallest absolute Gasteiger partial charge is 0.275 e. The van der Waals surface area contributed by atoms with Crippen molar-refractivity contribution in [2.24, 2.45) is 0 Å². The molecule has 1 amide bonds. The van der Waals surface area contributed by atoms with Gasteiger partial charge in [-0.05, 0) is 18.2 Å². The van der Waals surface area contributed by atoms with E-state index < -0.39 is 0 Å². The van der Waals surface area contributed by atoms with Crippen molar-refractivity contribution in [3.05, 3.63) is 78.2 Å². The third-order valence-corrected chi connectivity index (χ3v) is 3.57. The fourth-order valence-corrected chi connectivity index (χ4v) is 2.29. The first-order valence-corrected chi connectivity index (χ1v) is 7.80. The Bertz CT molecular complexity index is 836. The second kappa shape index (κ2) is 7.92. The van der Waals surface area contributed by atoms with E-state index in [-0.39, 0.29) is 11.6 Å². The van der Waals surface area contributed by atoms with Gasteiger partial charge in [0.2, 0.25) is 0 Å². The maximum atomic E-state index is 12.1. The SMILES string of the molecule is COc1ccccc1CNc1cnc(C(=O)Nc2ccccc2)cn1. The molecule has 0 radical (unpaired) electrons. The molecular weight excluding hydrogens is 316 g/mol. The molecule has 0 aliphatic carbocycles. The summed E-state index contributed by atoms with van der Waals surface area (Å²) in [6.45, 7) is 0.550. The molecule has 0 atom stereocenters. The second-order valence-corrected chi connectivity index (χ2v) is 5.27. The molecule has 0 aliphatic rings. The first-order valence-electron chi connectivity index (χ1n) is 7.80. The third-order valence-electron chi connectivity index (χ3n) is 3.57. The van der Waals surface area contributed by atoms with Gasteiger partial charge in [-0.15, -0.1) is 0 Å². The molecule has 6 heteroatoms. The summed E-state index contributed by atoms with van der Waals surface area (Å²) in [4.78, 5) is 20.5. The predicted octanol–water partition coefficient (Wildman–Crippen LogP) is 3.35. The van der Waals surface area contributed by atoms with Crippen LogP contribution in [0.4, 0.5) is 11.5 Å². The highest BCUT2D eigenvalue weighted by Crippen LogP contribution is 2.18. The summed E-state index contributed by atoms with van der Waals surface area (Å²) in [6.07, 6.45) is 2.98. The number of amides is 1. The standard InChI is InChI=1S/C19H18N4O2/c1-25-17-10-6-5-7-14(17)11-21-18-13-20-16(12-22-18)19(24)23-15-8-3-2-4-9-15/h2-10,12-13H,11H2,1H3,(H,21,22)(H,23,24). The number of anilines is 2. The second-order valence-electron chi connectivity index (χ2n) is 5.27. The van der Waals surface area contributed by atoms with Crippen molar-refractivity contribution in [1.29, 1.82) is 0 Å². The highest BCUT2D eigenvalue weighted by atomic mass is 16.5. The summed E-state index contributed by atoms with van der Waals surface area (Å²) < 4.78 is 5.31. The number of para-hydroxylation sites is 2. The van der Waals surface area contributed by atoms with E-state index in [1.54, 1.807) is 7.11 Å². The number of methoxy groups -OCH3 is 1. The zero-order valence-corrected chi connectivity index (χ0v) is 13.8. The van der Waals surface area contributed by atoms with E-state index in [1.807, 2.05) is 54.6 Å². The number of ether oxygens (including phenoxy) is 1. The van der Waals surface area contributed by atoms with Crippen LogP contribution >= 0.6 is 0 Å². The van der Waals surface area contributed by atoms with Crippen LogP contribution in [0.1, 0.15) is 16.1 Å². The minimum absolute atomic E-state index is 0.256. The van der Waals surface area contributed by atoms with Crippen LogP contribution in [0.25, 0.3) is 0 Å². The van der Waals surface area contributed by atoms with Crippen LogP contribution in [0.5, 0.6) is 5.75 Å². The van der Waals surface area contributed by atoms with Gasteiger partial charge in [-0.2, -0.15) is 0 Å². The molecule has 0 aliphatic heterocycles. The van der Waals surface area contributed by atoms with Crippen LogP contribution in [0.3, 0.4) is 0 Å². The Hall–Kier alpha value is -3.41. The Morgan fingerprint density at radius 3 is 2.48 bits per heavy atom. The number of rotatable bonds is 6. The number of carbonyl (C=O) groups is 1. The highest BCUT2D eigenvalue weighted by molar-refractivity contribution is 6.02. The van der Waals surface area contributed by atoms with Crippen molar-refractivity contribution in [2.45, 2.75) is 6.54 Å². The molecule has 1 heterocycles. The number of aromatic nitrogens is 2. The number of benzene rings is 2. The third kappa shape index (κ3) is 4.32. The molecule has 2 N–H and O–H groups in total. The van der Waals surface area contributed by atoms with Crippen LogP contribution in [-0.4, -0.2) is 23.0 Å². The van der Waals surface area contributed by atoms with Gasteiger partial charge in [-0.25, -0.2) is 9.97 Å². The van der Waals surface area contributed by atoms with Gasteiger partial charge >= 0.3 is 0 Å². The Kier molecular flexibility index (Phi) is 5.21. The quantitative estimate of drug-likeness (QED) is 0.723. The maximum Gasteiger partial charge on any atom is 0.275 e. The molecule has 126 valence electrons. The van der Waals surface area contributed by atoms with E-state index in [2.05, 4.69) is 20.6 Å². The van der Waals surface area contributed by atoms with E-state index in [0.29, 0.717) is 18.1 Å². The van der Waals surface area contributed by atoms with E-state index in [9.17, 15) is 4.79 Å². The van der Waals surface area contributed by atoms with Gasteiger partial charge in [0.15, 0.2) is 0 Å². The van der Waals surface area contributed by atoms with Crippen LogP contribution in [0.15, 0.2) is 67.0 Å². The fourth-order valence-electron chi connectivity index (χ4n) is 2.29. The number of nitrogens with zero attached hydrogens (tertiary/aromatic N) is 2. The normalized spacial score (nSPS) is 10.1. The van der Waals surface area contributed by atoms with Gasteiger partial charge in [0, 0.05) is 17.8 Å². The lowest BCUT2D eigenvalue weighted by molar-refractivity contribution is 0.102. The van der Waals surface area contributed by atoms with Crippen molar-refractivity contribution in [3.8, 4) is 5.75 Å². The molecule has 0 bridgehead atoms. The van der Waals surface area contributed by atoms with Crippen LogP contribution in [0.2, 0.25) is 0 Å². The Balaban J connectivity index is 1.61. The molecule has 0 saturated heterocycles. The van der Waals surface area contributed by atoms with Crippen LogP contribution < -0.4 is 15.4 Å². The average Bonchev–Trinajstić information content (AvgIpc) is 2.67. The lowest BCUT2D eigenvalue weighted by Crippen LogP contribution is -2.14. The average molecular weight is 334 g/mol. The van der Waals surface area contributed by atoms with Crippen molar-refractivity contribution < 1.29 is 9.53 Å². The summed E-state index contributed by atoms with van der Waals surface area (Å²) in [5.74, 6) is 1.10. The lowest BCUT2D eigenvalue weighted by atomic mass is 10.2. The Morgan fingerprint density at radius 2 is 1.76 bits per heavy atom. The van der Waals surface area contributed by atoms with Crippen molar-refractivity contribution in [2.75, 3.05) is 17.7 Å². The largest absolute Gasteiger partial charge is 0.496 e. The minimum Gasteiger partial charge on any atom is -0.496 e. The van der Waals surface area contributed by atoms with Gasteiger partial charge < -0.3 is 15.4 Å². The molecular formula is C19H18N4O2. The van der Waals surface area contributed by atoms with Crippen molar-refractivity contribution >= 4 is 17.4 Å². The molecule has 0 spiro atoms. The molecule has 25 heavy (non-hydrogen) atoms. The summed E-state index contributed by atoms with van der Waals surface area (Å²) in [5.41, 5.74) is 1.98. The van der Waals surface area contributed by atoms with Gasteiger partial charge in [0.05, 0.1) is 19.5 Å². The van der Waals surface area contributed by atoms with Gasteiger partial charge in [-0.1, -0.05) is 36.4 Å². The van der Waals surface area contributed by atoms with E-state index in [4.69, 9.17) is 4.74 Å². The molecule has 0 unspecified atom stereocenters. The van der Waals surface area contributed by atoms with Crippen molar-refractivity contribution in [1.82, 2.24) is 9.97 Å². The molecule has 1 aromatic heterocycles. The first-order chi connectivity index (χ1) is 12.3. The monoisotopic (exact) mass is 334 g/mol. The fraction of sp³-hybridized carbons (Fsp3) is 0.105. The lowest BCUT2D eigenvalue weighted by Gasteiger charge is -2.10. The predicted molar refractivity (Wildman–Crippen MR) is 96.7 cm³/mol. The van der Waals surface area contributed by atoms with Crippen LogP contribution in [0, 0.1) is 0 Å². The molecule has 3 rings (SSSR count). The zero-order valence-electron chi connectivity index (χ0n) is 13.8. The van der Waals surface area contributed by atoms with E-state index in [1.165, 1.54) is 12.4 Å². The zero-order chi connectivity index (χ0) is 17.5. The van der Waals surface area contributed by atoms with Gasteiger partial charge in [-0.3, -0.25) is 4.79 Å². The Morgan fingerprint density at radius 1 is 1.00 bits per heavy atom. The number of hydrogen-bond donors (Lipinski definition) is 2. The van der Waals surface area contributed by atoms with Crippen molar-refractivity contribution in [3.63, 3.8) is 0 Å². The number of nitrogens with one attached hydrogen (secondary N) is 2. The molecule has 0 saturated carbocycles. The molecule has 2 aromatic carbocycles. The summed E-state index contributed by atoms with van der Waals surface area (Å²) in [6, 6.07) is 17.0. The number of hydrogen-bond acceptors (Lipinski definition) is 5. The summed E-state index contributed by atoms with van der Waals surface area (Å²) in [5, 5.41) is 5.94. The topological polar surface area (TPSA) is 76.1 Å². The number of carbonyl (C=O) groups excluding carboxylic acids is 1. The summed E-state index contributed by atoms with van der Waals surface area (Å²) >= 11 is 0. The molecule has 6 nitrogen and oxygen atoms in total. The Labute approximate surface area is 145 Å². The minimum atomic E-state index is -0.296. The molecule has 3 aromatic rings. The summed E-state index contributed by atoms with van der Waals surface area (Å²) in [7, 11) is 1.64. The van der Waals surface area contributed by atoms with Gasteiger partial charge in [0.25, 0.3) is 5.91 Å². The van der Waals surface area contributed by atoms with Gasteiger partial charge in [0.1, 0.15) is 17.3 Å². The maximum absolute atomic E-state index is 12.1. The van der Waals surface area contributed by atoms with Crippen LogP contribution in [-0.2, 0) is 6.54 Å².